The second-order valence-corrected chi connectivity index (χ2v) is 2.79. The van der Waals surface area contributed by atoms with E-state index in [1.807, 2.05) is 27.7 Å². The Kier molecular flexibility index (Phi) is 25.7. The molecule has 2 unspecified atom stereocenters. The maximum absolute atomic E-state index is 5.56. The molecule has 0 aliphatic carbocycles. The van der Waals surface area contributed by atoms with Crippen molar-refractivity contribution in [2.75, 3.05) is 6.54 Å². The molecule has 84 valence electrons. The third-order valence-electron chi connectivity index (χ3n) is 2.28. The summed E-state index contributed by atoms with van der Waals surface area (Å²) in [6, 6.07) is 0. The van der Waals surface area contributed by atoms with Gasteiger partial charge in [0, 0.05) is 0 Å². The summed E-state index contributed by atoms with van der Waals surface area (Å²) in [6.45, 7) is 15.6. The van der Waals surface area contributed by atoms with Crippen molar-refractivity contribution in [1.29, 1.82) is 0 Å². The third-order valence-corrected chi connectivity index (χ3v) is 2.28. The molecular weight excluding hydrogens is 158 g/mol. The Hall–Kier alpha value is -0.0400. The summed E-state index contributed by atoms with van der Waals surface area (Å²) in [6.07, 6.45) is 2.49. The van der Waals surface area contributed by atoms with Crippen LogP contribution in [0, 0.1) is 11.8 Å². The van der Waals surface area contributed by atoms with Gasteiger partial charge in [-0.3, -0.25) is 0 Å². The van der Waals surface area contributed by atoms with E-state index >= 15 is 0 Å². The monoisotopic (exact) mass is 189 g/mol. The average Bonchev–Trinajstić information content (AvgIpc) is 2.25. The highest BCUT2D eigenvalue weighted by molar-refractivity contribution is 4.63. The molecule has 0 saturated heterocycles. The molecule has 0 aromatic heterocycles. The SMILES string of the molecule is CC.CC.CCC(C)C(CC)CN. The number of hydrogen-bond donors (Lipinski definition) is 1. The summed E-state index contributed by atoms with van der Waals surface area (Å²) in [7, 11) is 0. The van der Waals surface area contributed by atoms with Gasteiger partial charge in [0.15, 0.2) is 0 Å². The van der Waals surface area contributed by atoms with Crippen molar-refractivity contribution in [3.05, 3.63) is 0 Å². The van der Waals surface area contributed by atoms with Gasteiger partial charge in [-0.05, 0) is 18.4 Å². The molecular formula is C12H31N. The molecule has 2 N–H and O–H groups in total. The lowest BCUT2D eigenvalue weighted by Gasteiger charge is -2.18. The van der Waals surface area contributed by atoms with Crippen molar-refractivity contribution < 1.29 is 0 Å². The van der Waals surface area contributed by atoms with Gasteiger partial charge in [-0.15, -0.1) is 0 Å². The molecule has 0 radical (unpaired) electrons. The van der Waals surface area contributed by atoms with E-state index in [-0.39, 0.29) is 0 Å². The van der Waals surface area contributed by atoms with E-state index in [4.69, 9.17) is 5.73 Å². The maximum atomic E-state index is 5.56. The molecule has 0 aliphatic rings. The second kappa shape index (κ2) is 17.9. The first-order valence-corrected chi connectivity index (χ1v) is 5.96. The Morgan fingerprint density at radius 2 is 1.31 bits per heavy atom. The van der Waals surface area contributed by atoms with Crippen LogP contribution in [0.2, 0.25) is 0 Å². The summed E-state index contributed by atoms with van der Waals surface area (Å²) in [4.78, 5) is 0. The van der Waals surface area contributed by atoms with Crippen LogP contribution in [-0.4, -0.2) is 6.54 Å². The molecule has 1 nitrogen and oxygen atoms in total. The van der Waals surface area contributed by atoms with Gasteiger partial charge in [0.2, 0.25) is 0 Å². The largest absolute Gasteiger partial charge is 0.330 e. The molecule has 2 atom stereocenters. The first kappa shape index (κ1) is 18.7. The minimum Gasteiger partial charge on any atom is -0.330 e. The highest BCUT2D eigenvalue weighted by Crippen LogP contribution is 2.16. The van der Waals surface area contributed by atoms with Crippen LogP contribution >= 0.6 is 0 Å². The van der Waals surface area contributed by atoms with Crippen molar-refractivity contribution in [2.24, 2.45) is 17.6 Å². The Morgan fingerprint density at radius 3 is 1.38 bits per heavy atom. The highest BCUT2D eigenvalue weighted by Gasteiger charge is 2.10. The second-order valence-electron chi connectivity index (χ2n) is 2.79. The Morgan fingerprint density at radius 1 is 0.923 bits per heavy atom. The van der Waals surface area contributed by atoms with E-state index in [1.165, 1.54) is 12.8 Å². The predicted molar refractivity (Wildman–Crippen MR) is 65.0 cm³/mol. The summed E-state index contributed by atoms with van der Waals surface area (Å²) in [5.74, 6) is 1.55. The van der Waals surface area contributed by atoms with Crippen LogP contribution in [0.25, 0.3) is 0 Å². The van der Waals surface area contributed by atoms with Gasteiger partial charge in [-0.2, -0.15) is 0 Å². The normalized spacial score (nSPS) is 12.9. The smallest absolute Gasteiger partial charge is 0.00464 e. The molecule has 13 heavy (non-hydrogen) atoms. The first-order chi connectivity index (χ1) is 6.26. The van der Waals surface area contributed by atoms with Gasteiger partial charge in [-0.25, -0.2) is 0 Å². The lowest BCUT2D eigenvalue weighted by molar-refractivity contribution is 0.346. The van der Waals surface area contributed by atoms with Crippen molar-refractivity contribution >= 4 is 0 Å². The Balaban J connectivity index is -0.000000218. The molecule has 0 heterocycles. The van der Waals surface area contributed by atoms with Crippen LogP contribution in [0.1, 0.15) is 61.3 Å². The fraction of sp³-hybridized carbons (Fsp3) is 1.00. The van der Waals surface area contributed by atoms with Crippen LogP contribution in [0.15, 0.2) is 0 Å². The number of rotatable bonds is 4. The van der Waals surface area contributed by atoms with E-state index in [0.29, 0.717) is 0 Å². The molecule has 0 saturated carbocycles. The zero-order valence-electron chi connectivity index (χ0n) is 10.9. The van der Waals surface area contributed by atoms with E-state index in [0.717, 1.165) is 18.4 Å². The molecule has 0 fully saturated rings. The fourth-order valence-corrected chi connectivity index (χ4v) is 1.13. The van der Waals surface area contributed by atoms with Crippen LogP contribution in [0.4, 0.5) is 0 Å². The van der Waals surface area contributed by atoms with Gasteiger partial charge in [-0.1, -0.05) is 61.3 Å². The minimum absolute atomic E-state index is 0.745. The van der Waals surface area contributed by atoms with Crippen molar-refractivity contribution in [3.63, 3.8) is 0 Å². The van der Waals surface area contributed by atoms with Crippen molar-refractivity contribution in [2.45, 2.75) is 61.3 Å². The van der Waals surface area contributed by atoms with Gasteiger partial charge < -0.3 is 5.73 Å². The molecule has 0 bridgehead atoms. The molecule has 0 rings (SSSR count). The molecule has 1 heteroatoms. The summed E-state index contributed by atoms with van der Waals surface area (Å²) < 4.78 is 0. The zero-order valence-corrected chi connectivity index (χ0v) is 10.9. The molecule has 0 aromatic carbocycles. The zero-order chi connectivity index (χ0) is 11.3. The van der Waals surface area contributed by atoms with E-state index in [9.17, 15) is 0 Å². The van der Waals surface area contributed by atoms with Gasteiger partial charge in [0.25, 0.3) is 0 Å². The van der Waals surface area contributed by atoms with E-state index in [2.05, 4.69) is 20.8 Å². The minimum atomic E-state index is 0.745. The van der Waals surface area contributed by atoms with Crippen LogP contribution < -0.4 is 5.73 Å². The number of nitrogens with two attached hydrogens (primary N) is 1. The maximum Gasteiger partial charge on any atom is -0.00464 e. The standard InChI is InChI=1S/C8H19N.2C2H6/c1-4-7(3)8(5-2)6-9;2*1-2/h7-8H,4-6,9H2,1-3H3;2*1-2H3. The lowest BCUT2D eigenvalue weighted by Crippen LogP contribution is -2.20. The van der Waals surface area contributed by atoms with E-state index < -0.39 is 0 Å². The van der Waals surface area contributed by atoms with Crippen LogP contribution in [-0.2, 0) is 0 Å². The van der Waals surface area contributed by atoms with Gasteiger partial charge in [0.05, 0.1) is 0 Å². The fourth-order valence-electron chi connectivity index (χ4n) is 1.13. The van der Waals surface area contributed by atoms with Crippen LogP contribution in [0.3, 0.4) is 0 Å². The summed E-state index contributed by atoms with van der Waals surface area (Å²) in [5.41, 5.74) is 5.56. The Labute approximate surface area is 86.1 Å². The Bertz CT molecular complexity index is 58.1. The number of hydrogen-bond acceptors (Lipinski definition) is 1. The predicted octanol–water partition coefficient (Wildman–Crippen LogP) is 4.07. The third kappa shape index (κ3) is 12.0. The topological polar surface area (TPSA) is 26.0 Å². The first-order valence-electron chi connectivity index (χ1n) is 5.96. The quantitative estimate of drug-likeness (QED) is 0.709. The average molecular weight is 189 g/mol. The van der Waals surface area contributed by atoms with Crippen molar-refractivity contribution in [3.8, 4) is 0 Å². The van der Waals surface area contributed by atoms with Gasteiger partial charge in [0.1, 0.15) is 0 Å². The molecule has 0 spiro atoms. The highest BCUT2D eigenvalue weighted by atomic mass is 14.5. The molecule has 0 aromatic rings. The molecule has 0 aliphatic heterocycles. The molecule has 0 amide bonds. The summed E-state index contributed by atoms with van der Waals surface area (Å²) in [5, 5.41) is 0. The van der Waals surface area contributed by atoms with Crippen molar-refractivity contribution in [1.82, 2.24) is 0 Å². The van der Waals surface area contributed by atoms with Crippen LogP contribution in [0.5, 0.6) is 0 Å². The lowest BCUT2D eigenvalue weighted by atomic mass is 9.90. The van der Waals surface area contributed by atoms with Gasteiger partial charge >= 0.3 is 0 Å². The summed E-state index contributed by atoms with van der Waals surface area (Å²) >= 11 is 0. The van der Waals surface area contributed by atoms with E-state index in [1.54, 1.807) is 0 Å².